The van der Waals surface area contributed by atoms with Gasteiger partial charge in [-0.25, -0.2) is 4.98 Å². The number of carbonyl (C=O) groups is 2. The van der Waals surface area contributed by atoms with Gasteiger partial charge >= 0.3 is 0 Å². The number of pyridine rings is 1. The van der Waals surface area contributed by atoms with Crippen molar-refractivity contribution in [3.63, 3.8) is 0 Å². The van der Waals surface area contributed by atoms with E-state index in [1.807, 2.05) is 23.1 Å². The molecule has 0 unspecified atom stereocenters. The number of aromatic nitrogens is 2. The zero-order chi connectivity index (χ0) is 23.4. The average molecular weight is 464 g/mol. The monoisotopic (exact) mass is 463 g/mol. The van der Waals surface area contributed by atoms with Gasteiger partial charge in [0.25, 0.3) is 11.8 Å². The van der Waals surface area contributed by atoms with E-state index in [-0.39, 0.29) is 11.8 Å². The number of rotatable bonds is 5. The van der Waals surface area contributed by atoms with E-state index in [1.165, 1.54) is 38.5 Å². The van der Waals surface area contributed by atoms with Crippen LogP contribution in [-0.2, 0) is 0 Å². The second kappa shape index (κ2) is 8.36. The van der Waals surface area contributed by atoms with Crippen LogP contribution in [0.4, 0.5) is 0 Å². The lowest BCUT2D eigenvalue weighted by Gasteiger charge is -2.56. The summed E-state index contributed by atoms with van der Waals surface area (Å²) in [6, 6.07) is 6.08. The predicted octanol–water partition coefficient (Wildman–Crippen LogP) is 3.45. The lowest BCUT2D eigenvalue weighted by molar-refractivity contribution is -0.0503. The minimum Gasteiger partial charge on any atom is -0.350 e. The molecule has 4 aliphatic carbocycles. The van der Waals surface area contributed by atoms with Gasteiger partial charge in [-0.15, -0.1) is 0 Å². The molecule has 0 spiro atoms. The summed E-state index contributed by atoms with van der Waals surface area (Å²) in [5.41, 5.74) is 1.92. The van der Waals surface area contributed by atoms with E-state index in [0.29, 0.717) is 28.5 Å². The van der Waals surface area contributed by atoms with Gasteiger partial charge in [-0.3, -0.25) is 14.0 Å². The van der Waals surface area contributed by atoms with Crippen LogP contribution in [0.2, 0.25) is 0 Å². The smallest absolute Gasteiger partial charge is 0.274 e. The van der Waals surface area contributed by atoms with E-state index in [1.54, 1.807) is 10.6 Å². The molecular weight excluding hydrogens is 426 g/mol. The Balaban J connectivity index is 1.16. The molecule has 1 aliphatic heterocycles. The van der Waals surface area contributed by atoms with Gasteiger partial charge in [0.2, 0.25) is 0 Å². The molecule has 0 atom stereocenters. The maximum Gasteiger partial charge on any atom is 0.274 e. The number of piperidine rings is 1. The number of hydrogen-bond donors (Lipinski definition) is 1. The highest BCUT2D eigenvalue weighted by atomic mass is 16.2. The second-order valence-electron chi connectivity index (χ2n) is 11.9. The van der Waals surface area contributed by atoms with Crippen molar-refractivity contribution in [2.24, 2.45) is 23.2 Å². The first kappa shape index (κ1) is 22.1. The molecule has 182 valence electrons. The van der Waals surface area contributed by atoms with Gasteiger partial charge in [-0.1, -0.05) is 6.07 Å². The zero-order valence-electron chi connectivity index (χ0n) is 20.5. The molecule has 34 heavy (non-hydrogen) atoms. The molecule has 1 saturated heterocycles. The summed E-state index contributed by atoms with van der Waals surface area (Å²) in [4.78, 5) is 35.1. The Kier molecular flexibility index (Phi) is 5.43. The molecule has 2 aromatic rings. The number of carbonyl (C=O) groups excluding carboxylic acids is 2. The Morgan fingerprint density at radius 3 is 2.32 bits per heavy atom. The molecular formula is C27H37N5O2. The lowest BCUT2D eigenvalue weighted by atomic mass is 9.49. The van der Waals surface area contributed by atoms with E-state index in [4.69, 9.17) is 0 Å². The highest BCUT2D eigenvalue weighted by molar-refractivity contribution is 5.95. The molecule has 4 saturated carbocycles. The first-order valence-corrected chi connectivity index (χ1v) is 13.1. The van der Waals surface area contributed by atoms with Gasteiger partial charge in [-0.2, -0.15) is 0 Å². The Morgan fingerprint density at radius 2 is 1.71 bits per heavy atom. The molecule has 5 fully saturated rings. The minimum absolute atomic E-state index is 0.0409. The largest absolute Gasteiger partial charge is 0.350 e. The van der Waals surface area contributed by atoms with Crippen molar-refractivity contribution in [1.29, 1.82) is 0 Å². The topological polar surface area (TPSA) is 70.0 Å². The maximum atomic E-state index is 13.3. The molecule has 7 rings (SSSR count). The lowest BCUT2D eigenvalue weighted by Crippen LogP contribution is -2.51. The molecule has 7 heteroatoms. The number of nitrogens with one attached hydrogen (secondary N) is 1. The van der Waals surface area contributed by atoms with Crippen LogP contribution in [0.25, 0.3) is 5.65 Å². The third-order valence-corrected chi connectivity index (χ3v) is 9.21. The summed E-state index contributed by atoms with van der Waals surface area (Å²) in [6.45, 7) is 2.26. The van der Waals surface area contributed by atoms with Crippen LogP contribution in [0.5, 0.6) is 0 Å². The highest BCUT2D eigenvalue weighted by Gasteiger charge is 2.50. The van der Waals surface area contributed by atoms with Gasteiger partial charge in [0.05, 0.1) is 0 Å². The SMILES string of the molecule is CN(C)C1CCN(C(=O)c2cn3c(C(=O)NCC45CC6CC(CC(C6)C4)C5)cccc3n2)CC1. The van der Waals surface area contributed by atoms with Gasteiger partial charge in [-0.05, 0) is 101 Å². The quantitative estimate of drug-likeness (QED) is 0.738. The fourth-order valence-electron chi connectivity index (χ4n) is 7.91. The van der Waals surface area contributed by atoms with Crippen LogP contribution < -0.4 is 5.32 Å². The highest BCUT2D eigenvalue weighted by Crippen LogP contribution is 2.59. The van der Waals surface area contributed by atoms with Crippen LogP contribution >= 0.6 is 0 Å². The average Bonchev–Trinajstić information content (AvgIpc) is 3.26. The number of fused-ring (bicyclic) bond motifs is 1. The van der Waals surface area contributed by atoms with Crippen molar-refractivity contribution < 1.29 is 9.59 Å². The van der Waals surface area contributed by atoms with E-state index in [2.05, 4.69) is 29.3 Å². The molecule has 4 bridgehead atoms. The van der Waals surface area contributed by atoms with Crippen molar-refractivity contribution in [2.45, 2.75) is 57.4 Å². The van der Waals surface area contributed by atoms with Crippen molar-refractivity contribution in [2.75, 3.05) is 33.7 Å². The van der Waals surface area contributed by atoms with Crippen molar-refractivity contribution in [3.8, 4) is 0 Å². The molecule has 0 radical (unpaired) electrons. The fraction of sp³-hybridized carbons (Fsp3) is 0.667. The second-order valence-corrected chi connectivity index (χ2v) is 11.9. The van der Waals surface area contributed by atoms with Crippen LogP contribution in [0, 0.1) is 23.2 Å². The van der Waals surface area contributed by atoms with Gasteiger partial charge in [0.15, 0.2) is 0 Å². The first-order chi connectivity index (χ1) is 16.4. The minimum atomic E-state index is -0.0652. The van der Waals surface area contributed by atoms with Gasteiger partial charge < -0.3 is 15.1 Å². The van der Waals surface area contributed by atoms with Crippen LogP contribution in [0.15, 0.2) is 24.4 Å². The Morgan fingerprint density at radius 1 is 1.06 bits per heavy atom. The first-order valence-electron chi connectivity index (χ1n) is 13.1. The molecule has 5 aliphatic rings. The summed E-state index contributed by atoms with van der Waals surface area (Å²) in [5, 5.41) is 3.28. The maximum absolute atomic E-state index is 13.3. The number of nitrogens with zero attached hydrogens (tertiary/aromatic N) is 4. The Hall–Kier alpha value is -2.41. The van der Waals surface area contributed by atoms with Gasteiger partial charge in [0.1, 0.15) is 17.0 Å². The third-order valence-electron chi connectivity index (χ3n) is 9.21. The Labute approximate surface area is 201 Å². The molecule has 1 N–H and O–H groups in total. The Bertz CT molecular complexity index is 1060. The van der Waals surface area contributed by atoms with Gasteiger partial charge in [0, 0.05) is 31.9 Å². The van der Waals surface area contributed by atoms with E-state index >= 15 is 0 Å². The normalized spacial score (nSPS) is 30.9. The van der Waals surface area contributed by atoms with Crippen molar-refractivity contribution in [1.82, 2.24) is 24.5 Å². The molecule has 7 nitrogen and oxygen atoms in total. The summed E-state index contributed by atoms with van der Waals surface area (Å²) < 4.78 is 1.79. The molecule has 2 aromatic heterocycles. The molecule has 3 heterocycles. The van der Waals surface area contributed by atoms with Crippen LogP contribution in [0.3, 0.4) is 0 Å². The number of amides is 2. The summed E-state index contributed by atoms with van der Waals surface area (Å²) in [5.74, 6) is 2.51. The van der Waals surface area contributed by atoms with Crippen LogP contribution in [-0.4, -0.2) is 70.8 Å². The number of hydrogen-bond acceptors (Lipinski definition) is 4. The van der Waals surface area contributed by atoms with Crippen LogP contribution in [0.1, 0.15) is 72.3 Å². The van der Waals surface area contributed by atoms with Crippen molar-refractivity contribution >= 4 is 17.5 Å². The summed E-state index contributed by atoms with van der Waals surface area (Å²) in [6.07, 6.45) is 11.7. The fourth-order valence-corrected chi connectivity index (χ4v) is 7.91. The van der Waals surface area contributed by atoms with Crippen molar-refractivity contribution in [3.05, 3.63) is 35.8 Å². The van der Waals surface area contributed by atoms with E-state index in [0.717, 1.165) is 50.2 Å². The molecule has 0 aromatic carbocycles. The third kappa shape index (κ3) is 3.92. The summed E-state index contributed by atoms with van der Waals surface area (Å²) in [7, 11) is 4.19. The standard InChI is InChI=1S/C27H37N5O2/c1-30(2)21-6-8-31(9-7-21)26(34)22-16-32-23(4-3-5-24(32)29-22)25(33)28-17-27-13-18-10-19(14-27)12-20(11-18)15-27/h3-5,16,18-21H,6-15,17H2,1-2H3,(H,28,33). The number of likely N-dealkylation sites (tertiary alicyclic amines) is 1. The van der Waals surface area contributed by atoms with E-state index < -0.39 is 0 Å². The predicted molar refractivity (Wildman–Crippen MR) is 131 cm³/mol. The zero-order valence-corrected chi connectivity index (χ0v) is 20.5. The molecule has 2 amide bonds. The van der Waals surface area contributed by atoms with E-state index in [9.17, 15) is 9.59 Å². The number of imidazole rings is 1. The summed E-state index contributed by atoms with van der Waals surface area (Å²) >= 11 is 0.